The maximum atomic E-state index is 12.2. The van der Waals surface area contributed by atoms with E-state index in [0.29, 0.717) is 0 Å². The molecule has 0 aliphatic rings. The first-order chi connectivity index (χ1) is 8.32. The molecule has 0 unspecified atom stereocenters. The summed E-state index contributed by atoms with van der Waals surface area (Å²) in [7, 11) is 0. The second-order valence-corrected chi connectivity index (χ2v) is 5.33. The number of carboxylic acids is 1. The molecule has 0 bridgehead atoms. The lowest BCUT2D eigenvalue weighted by Gasteiger charge is -2.25. The van der Waals surface area contributed by atoms with Crippen LogP contribution >= 0.6 is 22.6 Å². The number of aromatic hydroxyl groups is 1. The van der Waals surface area contributed by atoms with Gasteiger partial charge >= 0.3 is 5.97 Å². The minimum Gasteiger partial charge on any atom is -0.507 e. The quantitative estimate of drug-likeness (QED) is 0.802. The van der Waals surface area contributed by atoms with Gasteiger partial charge in [0.15, 0.2) is 0 Å². The number of carbonyl (C=O) groups is 2. The molecule has 0 aliphatic heterocycles. The summed E-state index contributed by atoms with van der Waals surface area (Å²) < 4.78 is 0.799. The summed E-state index contributed by atoms with van der Waals surface area (Å²) in [4.78, 5) is 24.1. The number of amides is 1. The van der Waals surface area contributed by atoms with Crippen LogP contribution in [-0.4, -0.2) is 39.6 Å². The first kappa shape index (κ1) is 14.7. The van der Waals surface area contributed by atoms with Crippen molar-refractivity contribution in [2.45, 2.75) is 19.9 Å². The number of hydrogen-bond donors (Lipinski definition) is 2. The first-order valence-electron chi connectivity index (χ1n) is 5.34. The molecule has 0 spiro atoms. The molecule has 1 aromatic rings. The molecule has 0 aromatic heterocycles. The zero-order valence-electron chi connectivity index (χ0n) is 10.1. The molecule has 18 heavy (non-hydrogen) atoms. The average Bonchev–Trinajstić information content (AvgIpc) is 2.27. The van der Waals surface area contributed by atoms with Gasteiger partial charge in [-0.2, -0.15) is 0 Å². The van der Waals surface area contributed by atoms with Gasteiger partial charge in [-0.05, 0) is 54.6 Å². The first-order valence-corrected chi connectivity index (χ1v) is 6.42. The normalized spacial score (nSPS) is 10.4. The van der Waals surface area contributed by atoms with E-state index in [0.717, 1.165) is 3.57 Å². The molecular formula is C12H14INO4. The highest BCUT2D eigenvalue weighted by Gasteiger charge is 2.23. The minimum atomic E-state index is -1.08. The van der Waals surface area contributed by atoms with Crippen LogP contribution in [0.3, 0.4) is 0 Å². The van der Waals surface area contributed by atoms with Gasteiger partial charge in [0, 0.05) is 9.61 Å². The Morgan fingerprint density at radius 2 is 2.00 bits per heavy atom. The predicted molar refractivity (Wildman–Crippen MR) is 74.6 cm³/mol. The van der Waals surface area contributed by atoms with Gasteiger partial charge in [0.1, 0.15) is 12.3 Å². The molecule has 1 aromatic carbocycles. The molecule has 1 amide bonds. The van der Waals surface area contributed by atoms with Crippen molar-refractivity contribution in [3.8, 4) is 5.75 Å². The SMILES string of the molecule is CC(C)N(CC(=O)O)C(=O)c1cc(I)ccc1O. The summed E-state index contributed by atoms with van der Waals surface area (Å²) in [5.74, 6) is -1.71. The van der Waals surface area contributed by atoms with Crippen LogP contribution in [0.1, 0.15) is 24.2 Å². The van der Waals surface area contributed by atoms with E-state index in [-0.39, 0.29) is 23.9 Å². The number of carbonyl (C=O) groups excluding carboxylic acids is 1. The number of hydrogen-bond acceptors (Lipinski definition) is 3. The zero-order valence-corrected chi connectivity index (χ0v) is 12.2. The molecule has 0 heterocycles. The van der Waals surface area contributed by atoms with Gasteiger partial charge in [-0.15, -0.1) is 0 Å². The standard InChI is InChI=1S/C12H14INO4/c1-7(2)14(6-11(16)17)12(18)9-5-8(13)3-4-10(9)15/h3-5,7,15H,6H2,1-2H3,(H,16,17). The number of phenols is 1. The van der Waals surface area contributed by atoms with Gasteiger partial charge in [-0.3, -0.25) is 9.59 Å². The lowest BCUT2D eigenvalue weighted by Crippen LogP contribution is -2.40. The van der Waals surface area contributed by atoms with Crippen molar-refractivity contribution >= 4 is 34.5 Å². The molecule has 0 atom stereocenters. The second-order valence-electron chi connectivity index (χ2n) is 4.08. The van der Waals surface area contributed by atoms with E-state index in [1.54, 1.807) is 19.9 Å². The van der Waals surface area contributed by atoms with E-state index in [4.69, 9.17) is 5.11 Å². The molecule has 6 heteroatoms. The van der Waals surface area contributed by atoms with Gasteiger partial charge in [0.2, 0.25) is 0 Å². The monoisotopic (exact) mass is 363 g/mol. The molecule has 0 saturated carbocycles. The molecule has 5 nitrogen and oxygen atoms in total. The van der Waals surface area contributed by atoms with E-state index in [9.17, 15) is 14.7 Å². The van der Waals surface area contributed by atoms with Crippen LogP contribution in [0, 0.1) is 3.57 Å². The van der Waals surface area contributed by atoms with Crippen molar-refractivity contribution in [2.75, 3.05) is 6.54 Å². The molecule has 98 valence electrons. The lowest BCUT2D eigenvalue weighted by molar-refractivity contribution is -0.138. The van der Waals surface area contributed by atoms with Crippen molar-refractivity contribution in [3.63, 3.8) is 0 Å². The molecule has 0 fully saturated rings. The second kappa shape index (κ2) is 6.03. The Balaban J connectivity index is 3.09. The minimum absolute atomic E-state index is 0.122. The van der Waals surface area contributed by atoms with Crippen molar-refractivity contribution in [1.29, 1.82) is 0 Å². The van der Waals surface area contributed by atoms with Crippen LogP contribution in [0.2, 0.25) is 0 Å². The molecule has 1 rings (SSSR count). The molecular weight excluding hydrogens is 349 g/mol. The van der Waals surface area contributed by atoms with Gasteiger partial charge in [0.05, 0.1) is 5.56 Å². The largest absolute Gasteiger partial charge is 0.507 e. The highest BCUT2D eigenvalue weighted by molar-refractivity contribution is 14.1. The maximum Gasteiger partial charge on any atom is 0.323 e. The predicted octanol–water partition coefficient (Wildman–Crippen LogP) is 1.93. The van der Waals surface area contributed by atoms with Gasteiger partial charge in [0.25, 0.3) is 5.91 Å². The summed E-state index contributed by atoms with van der Waals surface area (Å²) in [6.45, 7) is 3.07. The third-order valence-electron chi connectivity index (χ3n) is 2.38. The Kier molecular flexibility index (Phi) is 4.94. The highest BCUT2D eigenvalue weighted by atomic mass is 127. The average molecular weight is 363 g/mol. The molecule has 0 aliphatic carbocycles. The van der Waals surface area contributed by atoms with Crippen LogP contribution in [0.4, 0.5) is 0 Å². The fourth-order valence-corrected chi connectivity index (χ4v) is 1.96. The van der Waals surface area contributed by atoms with Gasteiger partial charge < -0.3 is 15.1 Å². The number of halogens is 1. The van der Waals surface area contributed by atoms with Crippen LogP contribution in [0.15, 0.2) is 18.2 Å². The Labute approximate surface area is 119 Å². The number of carboxylic acid groups (broad SMARTS) is 1. The molecule has 0 radical (unpaired) electrons. The third-order valence-corrected chi connectivity index (χ3v) is 3.05. The maximum absolute atomic E-state index is 12.2. The van der Waals surface area contributed by atoms with Crippen LogP contribution in [0.5, 0.6) is 5.75 Å². The van der Waals surface area contributed by atoms with Gasteiger partial charge in [-0.25, -0.2) is 0 Å². The van der Waals surface area contributed by atoms with Crippen molar-refractivity contribution in [2.24, 2.45) is 0 Å². The zero-order chi connectivity index (χ0) is 13.9. The van der Waals surface area contributed by atoms with Crippen LogP contribution in [-0.2, 0) is 4.79 Å². The Hall–Kier alpha value is -1.31. The van der Waals surface area contributed by atoms with Crippen LogP contribution in [0.25, 0.3) is 0 Å². The third kappa shape index (κ3) is 3.59. The van der Waals surface area contributed by atoms with E-state index < -0.39 is 11.9 Å². The van der Waals surface area contributed by atoms with E-state index in [2.05, 4.69) is 0 Å². The topological polar surface area (TPSA) is 77.8 Å². The number of nitrogens with zero attached hydrogens (tertiary/aromatic N) is 1. The smallest absolute Gasteiger partial charge is 0.323 e. The van der Waals surface area contributed by atoms with Crippen molar-refractivity contribution < 1.29 is 19.8 Å². The number of phenolic OH excluding ortho intramolecular Hbond substituents is 1. The van der Waals surface area contributed by atoms with Crippen molar-refractivity contribution in [3.05, 3.63) is 27.3 Å². The number of rotatable bonds is 4. The summed E-state index contributed by atoms with van der Waals surface area (Å²) >= 11 is 2.02. The highest BCUT2D eigenvalue weighted by Crippen LogP contribution is 2.22. The lowest BCUT2D eigenvalue weighted by atomic mass is 10.1. The van der Waals surface area contributed by atoms with E-state index in [1.165, 1.54) is 17.0 Å². The Morgan fingerprint density at radius 1 is 1.39 bits per heavy atom. The van der Waals surface area contributed by atoms with Crippen LogP contribution < -0.4 is 0 Å². The number of benzene rings is 1. The Bertz CT molecular complexity index is 473. The number of aliphatic carboxylic acids is 1. The fourth-order valence-electron chi connectivity index (χ4n) is 1.47. The van der Waals surface area contributed by atoms with E-state index in [1.807, 2.05) is 22.6 Å². The Morgan fingerprint density at radius 3 is 2.50 bits per heavy atom. The summed E-state index contributed by atoms with van der Waals surface area (Å²) in [6, 6.07) is 4.37. The fraction of sp³-hybridized carbons (Fsp3) is 0.333. The summed E-state index contributed by atoms with van der Waals surface area (Å²) in [6.07, 6.45) is 0. The van der Waals surface area contributed by atoms with Crippen molar-refractivity contribution in [1.82, 2.24) is 4.90 Å². The van der Waals surface area contributed by atoms with E-state index >= 15 is 0 Å². The summed E-state index contributed by atoms with van der Waals surface area (Å²) in [5.41, 5.74) is 0.122. The van der Waals surface area contributed by atoms with Gasteiger partial charge in [-0.1, -0.05) is 0 Å². The summed E-state index contributed by atoms with van der Waals surface area (Å²) in [5, 5.41) is 18.5. The molecule has 0 saturated heterocycles. The molecule has 2 N–H and O–H groups in total.